The third kappa shape index (κ3) is 6.21. The molecule has 8 nitrogen and oxygen atoms in total. The van der Waals surface area contributed by atoms with Crippen molar-refractivity contribution >= 4 is 23.9 Å². The molecule has 2 aromatic carbocycles. The average Bonchev–Trinajstić information content (AvgIpc) is 2.78. The molecule has 2 aromatic rings. The Morgan fingerprint density at radius 2 is 1.00 bits per heavy atom. The van der Waals surface area contributed by atoms with Crippen molar-refractivity contribution in [3.05, 3.63) is 57.6 Å². The second kappa shape index (κ2) is 12.0. The third-order valence-corrected chi connectivity index (χ3v) is 5.38. The number of esters is 2. The maximum atomic E-state index is 12.6. The molecule has 0 aliphatic heterocycles. The number of benzene rings is 2. The van der Waals surface area contributed by atoms with E-state index in [1.165, 1.54) is 24.3 Å². The van der Waals surface area contributed by atoms with Gasteiger partial charge in [0.2, 0.25) is 0 Å². The molecule has 8 heteroatoms. The summed E-state index contributed by atoms with van der Waals surface area (Å²) in [6.45, 7) is 7.60. The van der Waals surface area contributed by atoms with Crippen LogP contribution in [-0.4, -0.2) is 47.3 Å². The van der Waals surface area contributed by atoms with E-state index in [0.717, 1.165) is 12.8 Å². The Morgan fingerprint density at radius 1 is 0.647 bits per heavy atom. The van der Waals surface area contributed by atoms with E-state index in [-0.39, 0.29) is 35.5 Å². The molecule has 0 amide bonds. The van der Waals surface area contributed by atoms with Gasteiger partial charge in [-0.1, -0.05) is 26.7 Å². The van der Waals surface area contributed by atoms with Crippen molar-refractivity contribution in [2.45, 2.75) is 53.4 Å². The summed E-state index contributed by atoms with van der Waals surface area (Å²) in [7, 11) is 0. The van der Waals surface area contributed by atoms with Crippen LogP contribution in [0.2, 0.25) is 0 Å². The van der Waals surface area contributed by atoms with Gasteiger partial charge in [0, 0.05) is 0 Å². The molecule has 0 unspecified atom stereocenters. The number of rotatable bonds is 11. The quantitative estimate of drug-likeness (QED) is 0.335. The first-order valence-corrected chi connectivity index (χ1v) is 11.2. The summed E-state index contributed by atoms with van der Waals surface area (Å²) in [5, 5.41) is 19.3. The fourth-order valence-corrected chi connectivity index (χ4v) is 3.46. The number of carboxylic acids is 2. The number of ether oxygens (including phenoxy) is 2. The summed E-state index contributed by atoms with van der Waals surface area (Å²) in [6, 6.07) is 5.56. The minimum absolute atomic E-state index is 0.0659. The molecule has 0 aliphatic rings. The van der Waals surface area contributed by atoms with Crippen molar-refractivity contribution in [1.29, 1.82) is 0 Å². The van der Waals surface area contributed by atoms with E-state index in [4.69, 9.17) is 9.47 Å². The van der Waals surface area contributed by atoms with Crippen LogP contribution >= 0.6 is 0 Å². The standard InChI is InChI=1S/C26H30O8/c1-5-7-9-33-25(31)21-12-16(4)17(13-20(21)24(29)30)18-14-22(26(32)34-10-8-6-2)19(23(27)28)11-15(18)3/h11-14H,5-10H2,1-4H3,(H,27,28)(H,29,30). The Hall–Kier alpha value is -3.68. The molecule has 0 saturated carbocycles. The number of carboxylic acid groups (broad SMARTS) is 2. The van der Waals surface area contributed by atoms with E-state index >= 15 is 0 Å². The summed E-state index contributed by atoms with van der Waals surface area (Å²) in [6.07, 6.45) is 2.94. The van der Waals surface area contributed by atoms with Crippen LogP contribution in [0.25, 0.3) is 11.1 Å². The molecule has 182 valence electrons. The van der Waals surface area contributed by atoms with Crippen molar-refractivity contribution in [2.24, 2.45) is 0 Å². The van der Waals surface area contributed by atoms with Gasteiger partial charge >= 0.3 is 23.9 Å². The average molecular weight is 471 g/mol. The molecule has 0 radical (unpaired) electrons. The summed E-state index contributed by atoms with van der Waals surface area (Å²) in [4.78, 5) is 48.8. The second-order valence-electron chi connectivity index (χ2n) is 8.01. The first kappa shape index (κ1) is 26.6. The minimum atomic E-state index is -1.30. The molecular formula is C26H30O8. The fraction of sp³-hybridized carbons (Fsp3) is 0.385. The van der Waals surface area contributed by atoms with Gasteiger partial charge in [-0.3, -0.25) is 0 Å². The number of aromatic carboxylic acids is 2. The first-order chi connectivity index (χ1) is 16.1. The SMILES string of the molecule is CCCCOC(=O)c1cc(C)c(-c2cc(C(=O)OCCCC)c(C(=O)O)cc2C)cc1C(=O)O. The lowest BCUT2D eigenvalue weighted by molar-refractivity contribution is 0.0484. The van der Waals surface area contributed by atoms with Crippen molar-refractivity contribution in [3.63, 3.8) is 0 Å². The molecule has 0 saturated heterocycles. The molecule has 2 N–H and O–H groups in total. The molecule has 34 heavy (non-hydrogen) atoms. The smallest absolute Gasteiger partial charge is 0.339 e. The molecule has 0 bridgehead atoms. The van der Waals surface area contributed by atoms with Gasteiger partial charge in [-0.15, -0.1) is 0 Å². The van der Waals surface area contributed by atoms with Crippen LogP contribution in [0.1, 0.15) is 92.1 Å². The molecule has 0 fully saturated rings. The van der Waals surface area contributed by atoms with Crippen LogP contribution in [0, 0.1) is 13.8 Å². The lowest BCUT2D eigenvalue weighted by Gasteiger charge is -2.16. The topological polar surface area (TPSA) is 127 Å². The highest BCUT2D eigenvalue weighted by atomic mass is 16.5. The van der Waals surface area contributed by atoms with E-state index in [0.29, 0.717) is 35.1 Å². The normalized spacial score (nSPS) is 10.6. The largest absolute Gasteiger partial charge is 0.478 e. The maximum absolute atomic E-state index is 12.6. The lowest BCUT2D eigenvalue weighted by atomic mass is 9.89. The van der Waals surface area contributed by atoms with Crippen LogP contribution in [0.5, 0.6) is 0 Å². The Labute approximate surface area is 198 Å². The second-order valence-corrected chi connectivity index (χ2v) is 8.01. The van der Waals surface area contributed by atoms with E-state index in [1.807, 2.05) is 13.8 Å². The Bertz CT molecular complexity index is 1100. The maximum Gasteiger partial charge on any atom is 0.339 e. The highest BCUT2D eigenvalue weighted by Gasteiger charge is 2.24. The Kier molecular flexibility index (Phi) is 9.36. The highest BCUT2D eigenvalue weighted by molar-refractivity contribution is 6.06. The summed E-state index contributed by atoms with van der Waals surface area (Å²) in [5.41, 5.74) is 1.40. The van der Waals surface area contributed by atoms with E-state index < -0.39 is 23.9 Å². The monoisotopic (exact) mass is 470 g/mol. The van der Waals surface area contributed by atoms with Gasteiger partial charge in [0.1, 0.15) is 0 Å². The predicted octanol–water partition coefficient (Wildman–Crippen LogP) is 5.28. The third-order valence-electron chi connectivity index (χ3n) is 5.38. The lowest BCUT2D eigenvalue weighted by Crippen LogP contribution is -2.15. The minimum Gasteiger partial charge on any atom is -0.478 e. The zero-order chi connectivity index (χ0) is 25.4. The zero-order valence-corrected chi connectivity index (χ0v) is 19.9. The molecular weight excluding hydrogens is 440 g/mol. The molecule has 0 aromatic heterocycles. The molecule has 0 aliphatic carbocycles. The van der Waals surface area contributed by atoms with Gasteiger partial charge in [0.15, 0.2) is 0 Å². The summed E-state index contributed by atoms with van der Waals surface area (Å²) >= 11 is 0. The fourth-order valence-electron chi connectivity index (χ4n) is 3.46. The van der Waals surface area contributed by atoms with Gasteiger partial charge in [0.05, 0.1) is 35.5 Å². The van der Waals surface area contributed by atoms with Gasteiger partial charge in [0.25, 0.3) is 0 Å². The number of hydrogen-bond donors (Lipinski definition) is 2. The number of unbranched alkanes of at least 4 members (excludes halogenated alkanes) is 2. The number of aryl methyl sites for hydroxylation is 2. The Balaban J connectivity index is 2.61. The van der Waals surface area contributed by atoms with E-state index in [2.05, 4.69) is 0 Å². The molecule has 0 spiro atoms. The highest BCUT2D eigenvalue weighted by Crippen LogP contribution is 2.32. The van der Waals surface area contributed by atoms with Gasteiger partial charge in [-0.05, 0) is 73.2 Å². The summed E-state index contributed by atoms with van der Waals surface area (Å²) in [5.74, 6) is -4.06. The van der Waals surface area contributed by atoms with Crippen LogP contribution in [0.4, 0.5) is 0 Å². The van der Waals surface area contributed by atoms with E-state index in [9.17, 15) is 29.4 Å². The first-order valence-electron chi connectivity index (χ1n) is 11.2. The molecule has 2 rings (SSSR count). The predicted molar refractivity (Wildman–Crippen MR) is 126 cm³/mol. The summed E-state index contributed by atoms with van der Waals surface area (Å²) < 4.78 is 10.4. The van der Waals surface area contributed by atoms with Crippen molar-refractivity contribution < 1.29 is 38.9 Å². The van der Waals surface area contributed by atoms with Crippen LogP contribution < -0.4 is 0 Å². The van der Waals surface area contributed by atoms with Gasteiger partial charge in [-0.25, -0.2) is 19.2 Å². The molecule has 0 heterocycles. The van der Waals surface area contributed by atoms with Crippen molar-refractivity contribution in [1.82, 2.24) is 0 Å². The zero-order valence-electron chi connectivity index (χ0n) is 19.9. The number of carbonyl (C=O) groups excluding carboxylic acids is 2. The number of hydrogen-bond acceptors (Lipinski definition) is 6. The Morgan fingerprint density at radius 3 is 1.41 bits per heavy atom. The van der Waals surface area contributed by atoms with Crippen molar-refractivity contribution in [2.75, 3.05) is 13.2 Å². The van der Waals surface area contributed by atoms with E-state index in [1.54, 1.807) is 13.8 Å². The number of carbonyl (C=O) groups is 4. The van der Waals surface area contributed by atoms with Crippen LogP contribution in [0.15, 0.2) is 24.3 Å². The van der Waals surface area contributed by atoms with Crippen LogP contribution in [0.3, 0.4) is 0 Å². The van der Waals surface area contributed by atoms with Gasteiger partial charge in [-0.2, -0.15) is 0 Å². The van der Waals surface area contributed by atoms with Gasteiger partial charge < -0.3 is 19.7 Å². The van der Waals surface area contributed by atoms with Crippen molar-refractivity contribution in [3.8, 4) is 11.1 Å². The van der Waals surface area contributed by atoms with Crippen LogP contribution in [-0.2, 0) is 9.47 Å². The molecule has 0 atom stereocenters.